The highest BCUT2D eigenvalue weighted by molar-refractivity contribution is 6.22. The third-order valence-electron chi connectivity index (χ3n) is 6.46. The van der Waals surface area contributed by atoms with Gasteiger partial charge in [0.1, 0.15) is 0 Å². The fourth-order valence-electron chi connectivity index (χ4n) is 4.64. The topological polar surface area (TPSA) is 105 Å². The van der Waals surface area contributed by atoms with Crippen LogP contribution in [0.25, 0.3) is 0 Å². The fourth-order valence-corrected chi connectivity index (χ4v) is 4.64. The molecule has 2 aromatic rings. The van der Waals surface area contributed by atoms with E-state index in [1.807, 2.05) is 6.92 Å². The first-order chi connectivity index (χ1) is 17.0. The molecule has 8 heteroatoms. The van der Waals surface area contributed by atoms with Gasteiger partial charge in [-0.2, -0.15) is 0 Å². The van der Waals surface area contributed by atoms with Crippen LogP contribution < -0.4 is 10.6 Å². The van der Waals surface area contributed by atoms with Gasteiger partial charge in [-0.25, -0.2) is 0 Å². The average molecular weight is 478 g/mol. The minimum absolute atomic E-state index is 0.0681. The van der Waals surface area contributed by atoms with Gasteiger partial charge in [-0.3, -0.25) is 24.1 Å². The summed E-state index contributed by atoms with van der Waals surface area (Å²) in [6.07, 6.45) is 5.52. The zero-order chi connectivity index (χ0) is 24.8. The van der Waals surface area contributed by atoms with E-state index in [2.05, 4.69) is 10.6 Å². The van der Waals surface area contributed by atoms with Gasteiger partial charge in [0.15, 0.2) is 0 Å². The number of nitrogens with zero attached hydrogens (tertiary/aromatic N) is 1. The number of amides is 4. The Morgan fingerprint density at radius 1 is 0.943 bits per heavy atom. The summed E-state index contributed by atoms with van der Waals surface area (Å²) in [6, 6.07) is 11.2. The van der Waals surface area contributed by atoms with Crippen LogP contribution in [0.4, 0.5) is 5.69 Å². The summed E-state index contributed by atoms with van der Waals surface area (Å²) in [7, 11) is 0. The normalized spacial score (nSPS) is 15.7. The molecule has 0 atom stereocenters. The molecule has 4 amide bonds. The minimum atomic E-state index is -0.418. The van der Waals surface area contributed by atoms with Crippen molar-refractivity contribution in [3.63, 3.8) is 0 Å². The fraction of sp³-hybridized carbons (Fsp3) is 0.407. The zero-order valence-corrected chi connectivity index (χ0v) is 20.0. The highest BCUT2D eigenvalue weighted by Crippen LogP contribution is 2.31. The highest BCUT2D eigenvalue weighted by Gasteiger charge is 2.40. The molecule has 1 aliphatic heterocycles. The average Bonchev–Trinajstić information content (AvgIpc) is 3.13. The first kappa shape index (κ1) is 24.6. The second-order valence-corrected chi connectivity index (χ2v) is 8.87. The van der Waals surface area contributed by atoms with E-state index in [-0.39, 0.29) is 34.9 Å². The molecule has 0 aromatic heterocycles. The number of anilines is 1. The van der Waals surface area contributed by atoms with E-state index in [1.54, 1.807) is 36.4 Å². The van der Waals surface area contributed by atoms with Crippen molar-refractivity contribution in [1.82, 2.24) is 10.2 Å². The summed E-state index contributed by atoms with van der Waals surface area (Å²) < 4.78 is 5.26. The van der Waals surface area contributed by atoms with E-state index in [0.717, 1.165) is 32.1 Å². The van der Waals surface area contributed by atoms with Crippen molar-refractivity contribution in [1.29, 1.82) is 0 Å². The predicted octanol–water partition coefficient (Wildman–Crippen LogP) is 4.02. The van der Waals surface area contributed by atoms with Crippen LogP contribution in [0.5, 0.6) is 0 Å². The summed E-state index contributed by atoms with van der Waals surface area (Å²) in [5.74, 6) is -1.25. The Hall–Kier alpha value is -3.52. The molecule has 1 fully saturated rings. The molecule has 2 aromatic carbocycles. The Morgan fingerprint density at radius 3 is 2.46 bits per heavy atom. The van der Waals surface area contributed by atoms with E-state index in [1.165, 1.54) is 11.0 Å². The number of hydrogen-bond donors (Lipinski definition) is 2. The largest absolute Gasteiger partial charge is 0.382 e. The molecule has 1 heterocycles. The lowest BCUT2D eigenvalue weighted by Gasteiger charge is -2.29. The number of rotatable bonds is 9. The summed E-state index contributed by atoms with van der Waals surface area (Å²) in [5.41, 5.74) is 1.79. The van der Waals surface area contributed by atoms with Gasteiger partial charge < -0.3 is 15.4 Å². The van der Waals surface area contributed by atoms with Crippen LogP contribution in [-0.2, 0) is 4.74 Å². The van der Waals surface area contributed by atoms with Crippen molar-refractivity contribution in [2.24, 2.45) is 0 Å². The van der Waals surface area contributed by atoms with Crippen LogP contribution in [0.2, 0.25) is 0 Å². The van der Waals surface area contributed by atoms with E-state index in [0.29, 0.717) is 43.0 Å². The third-order valence-corrected chi connectivity index (χ3v) is 6.46. The third kappa shape index (κ3) is 5.59. The van der Waals surface area contributed by atoms with Gasteiger partial charge in [-0.1, -0.05) is 25.3 Å². The quantitative estimate of drug-likeness (QED) is 0.419. The lowest BCUT2D eigenvalue weighted by molar-refractivity contribution is 0.0548. The molecule has 0 bridgehead atoms. The number of carbonyl (C=O) groups is 4. The van der Waals surface area contributed by atoms with Gasteiger partial charge in [-0.15, -0.1) is 0 Å². The van der Waals surface area contributed by atoms with E-state index in [4.69, 9.17) is 4.74 Å². The number of fused-ring (bicyclic) bond motifs is 1. The first-order valence-electron chi connectivity index (χ1n) is 12.3. The molecule has 0 saturated heterocycles. The van der Waals surface area contributed by atoms with Crippen LogP contribution in [0.15, 0.2) is 42.5 Å². The molecule has 0 unspecified atom stereocenters. The van der Waals surface area contributed by atoms with Crippen molar-refractivity contribution in [3.8, 4) is 0 Å². The van der Waals surface area contributed by atoms with E-state index >= 15 is 0 Å². The molecule has 0 spiro atoms. The van der Waals surface area contributed by atoms with Gasteiger partial charge in [0, 0.05) is 42.6 Å². The maximum atomic E-state index is 13.0. The number of benzene rings is 2. The maximum absolute atomic E-state index is 13.0. The van der Waals surface area contributed by atoms with Crippen LogP contribution >= 0.6 is 0 Å². The Balaban J connectivity index is 1.41. The maximum Gasteiger partial charge on any atom is 0.261 e. The summed E-state index contributed by atoms with van der Waals surface area (Å²) >= 11 is 0. The highest BCUT2D eigenvalue weighted by atomic mass is 16.5. The Labute approximate surface area is 205 Å². The molecular formula is C27H31N3O5. The van der Waals surface area contributed by atoms with Gasteiger partial charge >= 0.3 is 0 Å². The number of carbonyl (C=O) groups excluding carboxylic acids is 4. The molecule has 1 saturated carbocycles. The van der Waals surface area contributed by atoms with Crippen LogP contribution in [0.3, 0.4) is 0 Å². The molecule has 2 aliphatic rings. The molecule has 184 valence electrons. The second kappa shape index (κ2) is 11.3. The zero-order valence-electron chi connectivity index (χ0n) is 20.0. The summed E-state index contributed by atoms with van der Waals surface area (Å²) in [4.78, 5) is 52.6. The van der Waals surface area contributed by atoms with Crippen molar-refractivity contribution in [3.05, 3.63) is 64.7 Å². The SMILES string of the molecule is CCOCCCNC(=O)c1cccc(NC(=O)c2ccc3c(c2)C(=O)N(C2CCCCC2)C3=O)c1. The molecule has 4 rings (SSSR count). The van der Waals surface area contributed by atoms with Gasteiger partial charge in [0.05, 0.1) is 11.1 Å². The lowest BCUT2D eigenvalue weighted by atomic mass is 9.94. The molecule has 8 nitrogen and oxygen atoms in total. The minimum Gasteiger partial charge on any atom is -0.382 e. The number of ether oxygens (including phenoxy) is 1. The van der Waals surface area contributed by atoms with E-state index < -0.39 is 5.91 Å². The molecule has 1 aliphatic carbocycles. The molecule has 0 radical (unpaired) electrons. The van der Waals surface area contributed by atoms with Crippen molar-refractivity contribution in [2.45, 2.75) is 51.5 Å². The number of hydrogen-bond acceptors (Lipinski definition) is 5. The van der Waals surface area contributed by atoms with Crippen LogP contribution in [0.1, 0.15) is 86.9 Å². The number of nitrogens with one attached hydrogen (secondary N) is 2. The molecule has 35 heavy (non-hydrogen) atoms. The standard InChI is InChI=1S/C27H31N3O5/c1-2-35-15-7-14-28-24(31)18-8-6-9-20(16-18)29-25(32)19-12-13-22-23(17-19)27(34)30(26(22)33)21-10-4-3-5-11-21/h6,8-9,12-13,16-17,21H,2-5,7,10-11,14-15H2,1H3,(H,28,31)(H,29,32). The second-order valence-electron chi connectivity index (χ2n) is 8.87. The molecular weight excluding hydrogens is 446 g/mol. The smallest absolute Gasteiger partial charge is 0.261 e. The van der Waals surface area contributed by atoms with Gasteiger partial charge in [0.25, 0.3) is 23.6 Å². The van der Waals surface area contributed by atoms with Crippen molar-refractivity contribution < 1.29 is 23.9 Å². The van der Waals surface area contributed by atoms with Crippen LogP contribution in [-0.4, -0.2) is 54.3 Å². The lowest BCUT2D eigenvalue weighted by Crippen LogP contribution is -2.40. The van der Waals surface area contributed by atoms with E-state index in [9.17, 15) is 19.2 Å². The Morgan fingerprint density at radius 2 is 1.69 bits per heavy atom. The number of imide groups is 1. The Bertz CT molecular complexity index is 1120. The Kier molecular flexibility index (Phi) is 7.92. The monoisotopic (exact) mass is 477 g/mol. The van der Waals surface area contributed by atoms with Crippen molar-refractivity contribution in [2.75, 3.05) is 25.1 Å². The van der Waals surface area contributed by atoms with Gasteiger partial charge in [0.2, 0.25) is 0 Å². The molecule has 2 N–H and O–H groups in total. The van der Waals surface area contributed by atoms with Crippen LogP contribution in [0, 0.1) is 0 Å². The predicted molar refractivity (Wildman–Crippen MR) is 132 cm³/mol. The first-order valence-corrected chi connectivity index (χ1v) is 12.3. The van der Waals surface area contributed by atoms with Gasteiger partial charge in [-0.05, 0) is 62.6 Å². The summed E-state index contributed by atoms with van der Waals surface area (Å²) in [5, 5.41) is 5.61. The summed E-state index contributed by atoms with van der Waals surface area (Å²) in [6.45, 7) is 3.64. The van der Waals surface area contributed by atoms with Crippen molar-refractivity contribution >= 4 is 29.3 Å².